The van der Waals surface area contributed by atoms with E-state index >= 15 is 0 Å². The first kappa shape index (κ1) is 18.7. The largest absolute Gasteiger partial charge is 0.359 e. The maximum atomic E-state index is 12.3. The van der Waals surface area contributed by atoms with Gasteiger partial charge in [0.1, 0.15) is 0 Å². The van der Waals surface area contributed by atoms with Gasteiger partial charge < -0.3 is 15.5 Å². The van der Waals surface area contributed by atoms with Crippen molar-refractivity contribution in [2.75, 3.05) is 18.4 Å². The van der Waals surface area contributed by atoms with E-state index in [1.807, 2.05) is 43.0 Å². The first-order chi connectivity index (χ1) is 11.5. The molecule has 4 nitrogen and oxygen atoms in total. The SMILES string of the molecule is CCN(CC)C(=O)c1ccc(NC(=S)N[C@@H]2CCCC[C@@H]2C)cc1. The number of hydrogen-bond acceptors (Lipinski definition) is 2. The van der Waals surface area contributed by atoms with Gasteiger partial charge in [-0.2, -0.15) is 0 Å². The number of benzene rings is 1. The van der Waals surface area contributed by atoms with Gasteiger partial charge in [0.2, 0.25) is 0 Å². The monoisotopic (exact) mass is 347 g/mol. The molecule has 0 saturated heterocycles. The third kappa shape index (κ3) is 4.94. The number of nitrogens with one attached hydrogen (secondary N) is 2. The number of hydrogen-bond donors (Lipinski definition) is 2. The van der Waals surface area contributed by atoms with Crippen LogP contribution in [0.3, 0.4) is 0 Å². The van der Waals surface area contributed by atoms with Crippen molar-refractivity contribution in [3.05, 3.63) is 29.8 Å². The molecule has 1 aromatic rings. The average molecular weight is 348 g/mol. The van der Waals surface area contributed by atoms with Gasteiger partial charge in [0.05, 0.1) is 0 Å². The molecule has 1 saturated carbocycles. The van der Waals surface area contributed by atoms with Gasteiger partial charge in [0.25, 0.3) is 5.91 Å². The van der Waals surface area contributed by atoms with Crippen LogP contribution in [-0.4, -0.2) is 35.1 Å². The smallest absolute Gasteiger partial charge is 0.253 e. The molecule has 0 aromatic heterocycles. The molecule has 0 heterocycles. The van der Waals surface area contributed by atoms with Gasteiger partial charge in [0.15, 0.2) is 5.11 Å². The van der Waals surface area contributed by atoms with Crippen LogP contribution in [0.2, 0.25) is 0 Å². The summed E-state index contributed by atoms with van der Waals surface area (Å²) >= 11 is 5.44. The number of amides is 1. The maximum absolute atomic E-state index is 12.3. The quantitative estimate of drug-likeness (QED) is 0.789. The zero-order chi connectivity index (χ0) is 17.5. The molecule has 0 aliphatic heterocycles. The van der Waals surface area contributed by atoms with E-state index in [0.717, 1.165) is 18.8 Å². The molecule has 2 rings (SSSR count). The van der Waals surface area contributed by atoms with E-state index in [4.69, 9.17) is 12.2 Å². The summed E-state index contributed by atoms with van der Waals surface area (Å²) in [6.45, 7) is 7.72. The number of carbonyl (C=O) groups excluding carboxylic acids is 1. The number of anilines is 1. The van der Waals surface area contributed by atoms with Crippen LogP contribution >= 0.6 is 12.2 Å². The molecular formula is C19H29N3OS. The summed E-state index contributed by atoms with van der Waals surface area (Å²) in [5, 5.41) is 7.33. The summed E-state index contributed by atoms with van der Waals surface area (Å²) in [6.07, 6.45) is 5.04. The van der Waals surface area contributed by atoms with E-state index < -0.39 is 0 Å². The Hall–Kier alpha value is -1.62. The minimum atomic E-state index is 0.0725. The van der Waals surface area contributed by atoms with Gasteiger partial charge in [-0.25, -0.2) is 0 Å². The third-order valence-electron chi connectivity index (χ3n) is 4.87. The second-order valence-corrected chi connectivity index (χ2v) is 6.93. The maximum Gasteiger partial charge on any atom is 0.253 e. The van der Waals surface area contributed by atoms with E-state index in [1.54, 1.807) is 0 Å². The highest BCUT2D eigenvalue weighted by atomic mass is 32.1. The molecule has 0 radical (unpaired) electrons. The van der Waals surface area contributed by atoms with E-state index in [1.165, 1.54) is 25.7 Å². The number of carbonyl (C=O) groups is 1. The molecule has 0 unspecified atom stereocenters. The molecule has 0 bridgehead atoms. The molecule has 5 heteroatoms. The fraction of sp³-hybridized carbons (Fsp3) is 0.579. The number of nitrogens with zero attached hydrogens (tertiary/aromatic N) is 1. The van der Waals surface area contributed by atoms with Crippen molar-refractivity contribution in [1.82, 2.24) is 10.2 Å². The fourth-order valence-corrected chi connectivity index (χ4v) is 3.53. The Balaban J connectivity index is 1.91. The number of rotatable bonds is 5. The Bertz CT molecular complexity index is 554. The highest BCUT2D eigenvalue weighted by Gasteiger charge is 2.21. The predicted molar refractivity (Wildman–Crippen MR) is 104 cm³/mol. The highest BCUT2D eigenvalue weighted by Crippen LogP contribution is 2.23. The topological polar surface area (TPSA) is 44.4 Å². The van der Waals surface area contributed by atoms with Crippen molar-refractivity contribution in [2.45, 2.75) is 52.5 Å². The molecule has 1 aliphatic carbocycles. The van der Waals surface area contributed by atoms with Crippen LogP contribution in [0.15, 0.2) is 24.3 Å². The van der Waals surface area contributed by atoms with Crippen molar-refractivity contribution < 1.29 is 4.79 Å². The fourth-order valence-electron chi connectivity index (χ4n) is 3.26. The molecule has 1 aromatic carbocycles. The molecule has 132 valence electrons. The van der Waals surface area contributed by atoms with Gasteiger partial charge in [-0.05, 0) is 69.1 Å². The lowest BCUT2D eigenvalue weighted by atomic mass is 9.86. The van der Waals surface area contributed by atoms with Gasteiger partial charge in [-0.3, -0.25) is 4.79 Å². The van der Waals surface area contributed by atoms with Crippen LogP contribution in [0.4, 0.5) is 5.69 Å². The van der Waals surface area contributed by atoms with Crippen LogP contribution in [0.25, 0.3) is 0 Å². The molecular weight excluding hydrogens is 318 g/mol. The van der Waals surface area contributed by atoms with Crippen molar-refractivity contribution in [2.24, 2.45) is 5.92 Å². The molecule has 2 N–H and O–H groups in total. The molecule has 1 aliphatic rings. The summed E-state index contributed by atoms with van der Waals surface area (Å²) < 4.78 is 0. The Labute approximate surface area is 151 Å². The van der Waals surface area contributed by atoms with Gasteiger partial charge in [-0.15, -0.1) is 0 Å². The standard InChI is InChI=1S/C19H29N3OS/c1-4-22(5-2)18(23)15-10-12-16(13-11-15)20-19(24)21-17-9-7-6-8-14(17)3/h10-14,17H,4-9H2,1-3H3,(H2,20,21,24)/t14-,17+/m0/s1. The van der Waals surface area contributed by atoms with E-state index in [-0.39, 0.29) is 5.91 Å². The minimum absolute atomic E-state index is 0.0725. The Morgan fingerprint density at radius 1 is 1.17 bits per heavy atom. The zero-order valence-electron chi connectivity index (χ0n) is 15.0. The van der Waals surface area contributed by atoms with E-state index in [9.17, 15) is 4.79 Å². The number of thiocarbonyl (C=S) groups is 1. The summed E-state index contributed by atoms with van der Waals surface area (Å²) in [5.41, 5.74) is 1.62. The lowest BCUT2D eigenvalue weighted by molar-refractivity contribution is 0.0773. The Morgan fingerprint density at radius 3 is 2.38 bits per heavy atom. The van der Waals surface area contributed by atoms with Gasteiger partial charge >= 0.3 is 0 Å². The third-order valence-corrected chi connectivity index (χ3v) is 5.09. The van der Waals surface area contributed by atoms with Crippen LogP contribution in [0.5, 0.6) is 0 Å². The molecule has 1 fully saturated rings. The molecule has 24 heavy (non-hydrogen) atoms. The van der Waals surface area contributed by atoms with Gasteiger partial charge in [0, 0.05) is 30.4 Å². The van der Waals surface area contributed by atoms with Gasteiger partial charge in [-0.1, -0.05) is 19.8 Å². The summed E-state index contributed by atoms with van der Waals surface area (Å²) in [4.78, 5) is 14.1. The zero-order valence-corrected chi connectivity index (χ0v) is 15.8. The molecule has 0 spiro atoms. The van der Waals surface area contributed by atoms with Crippen molar-refractivity contribution in [3.8, 4) is 0 Å². The van der Waals surface area contributed by atoms with Crippen LogP contribution in [0, 0.1) is 5.92 Å². The van der Waals surface area contributed by atoms with Crippen molar-refractivity contribution in [1.29, 1.82) is 0 Å². The Morgan fingerprint density at radius 2 is 1.79 bits per heavy atom. The predicted octanol–water partition coefficient (Wildman–Crippen LogP) is 4.03. The Kier molecular flexibility index (Phi) is 7.03. The molecule has 2 atom stereocenters. The normalized spacial score (nSPS) is 20.3. The minimum Gasteiger partial charge on any atom is -0.359 e. The van der Waals surface area contributed by atoms with E-state index in [2.05, 4.69) is 17.6 Å². The van der Waals surface area contributed by atoms with Crippen LogP contribution in [0.1, 0.15) is 56.8 Å². The van der Waals surface area contributed by atoms with Crippen molar-refractivity contribution >= 4 is 28.9 Å². The first-order valence-electron chi connectivity index (χ1n) is 9.02. The van der Waals surface area contributed by atoms with E-state index in [0.29, 0.717) is 22.6 Å². The average Bonchev–Trinajstić information content (AvgIpc) is 2.58. The summed E-state index contributed by atoms with van der Waals surface area (Å²) in [7, 11) is 0. The first-order valence-corrected chi connectivity index (χ1v) is 9.42. The lowest BCUT2D eigenvalue weighted by Gasteiger charge is -2.30. The molecule has 1 amide bonds. The lowest BCUT2D eigenvalue weighted by Crippen LogP contribution is -2.43. The summed E-state index contributed by atoms with van der Waals surface area (Å²) in [5.74, 6) is 0.732. The summed E-state index contributed by atoms with van der Waals surface area (Å²) in [6, 6.07) is 8.00. The second-order valence-electron chi connectivity index (χ2n) is 6.52. The van der Waals surface area contributed by atoms with Crippen molar-refractivity contribution in [3.63, 3.8) is 0 Å². The van der Waals surface area contributed by atoms with Crippen LogP contribution < -0.4 is 10.6 Å². The highest BCUT2D eigenvalue weighted by molar-refractivity contribution is 7.80. The van der Waals surface area contributed by atoms with Crippen LogP contribution in [-0.2, 0) is 0 Å². The second kappa shape index (κ2) is 9.02.